The summed E-state index contributed by atoms with van der Waals surface area (Å²) in [6.07, 6.45) is 2.17. The Balaban J connectivity index is 1.48. The van der Waals surface area contributed by atoms with E-state index < -0.39 is 17.5 Å². The molecular formula is C28H26Cl2FN5O3. The normalized spacial score (nSPS) is 15.1. The van der Waals surface area contributed by atoms with E-state index in [9.17, 15) is 9.59 Å². The van der Waals surface area contributed by atoms with Crippen molar-refractivity contribution in [2.24, 2.45) is 0 Å². The number of aromatic nitrogens is 1. The SMILES string of the molecule is N=C(c1ccc(C(=O)Cc2c(C(=O)Nc3ccc(Cl)cn3)cc(Cl)cc2N2CCOCC2)c(F)c1)N1CCC1. The van der Waals surface area contributed by atoms with Crippen LogP contribution in [0, 0.1) is 11.2 Å². The summed E-state index contributed by atoms with van der Waals surface area (Å²) in [7, 11) is 0. The average Bonchev–Trinajstić information content (AvgIpc) is 2.90. The van der Waals surface area contributed by atoms with Gasteiger partial charge in [0.15, 0.2) is 5.78 Å². The van der Waals surface area contributed by atoms with Gasteiger partial charge >= 0.3 is 0 Å². The Morgan fingerprint density at radius 3 is 2.41 bits per heavy atom. The smallest absolute Gasteiger partial charge is 0.257 e. The van der Waals surface area contributed by atoms with Crippen molar-refractivity contribution in [3.05, 3.63) is 86.8 Å². The third-order valence-electron chi connectivity index (χ3n) is 6.81. The molecule has 0 saturated carbocycles. The number of Topliss-reactive ketones (excluding diaryl/α,β-unsaturated/α-hetero) is 1. The van der Waals surface area contributed by atoms with Crippen LogP contribution in [0.2, 0.25) is 10.0 Å². The van der Waals surface area contributed by atoms with Crippen LogP contribution in [0.1, 0.15) is 38.3 Å². The Morgan fingerprint density at radius 1 is 1.00 bits per heavy atom. The number of pyridine rings is 1. The number of carbonyl (C=O) groups excluding carboxylic acids is 2. The largest absolute Gasteiger partial charge is 0.378 e. The third-order valence-corrected chi connectivity index (χ3v) is 7.25. The highest BCUT2D eigenvalue weighted by Gasteiger charge is 2.26. The molecule has 202 valence electrons. The summed E-state index contributed by atoms with van der Waals surface area (Å²) >= 11 is 12.3. The Hall–Kier alpha value is -3.53. The number of nitrogens with one attached hydrogen (secondary N) is 2. The molecule has 0 atom stereocenters. The van der Waals surface area contributed by atoms with Crippen LogP contribution in [0.15, 0.2) is 48.7 Å². The van der Waals surface area contributed by atoms with Crippen molar-refractivity contribution in [1.82, 2.24) is 9.88 Å². The van der Waals surface area contributed by atoms with Crippen LogP contribution in [-0.2, 0) is 11.2 Å². The van der Waals surface area contributed by atoms with Crippen molar-refractivity contribution in [1.29, 1.82) is 5.41 Å². The second kappa shape index (κ2) is 11.7. The quantitative estimate of drug-likeness (QED) is 0.234. The number of amidine groups is 1. The number of benzene rings is 2. The first-order valence-electron chi connectivity index (χ1n) is 12.5. The molecule has 1 amide bonds. The van der Waals surface area contributed by atoms with Crippen molar-refractivity contribution in [3.8, 4) is 0 Å². The van der Waals surface area contributed by atoms with Gasteiger partial charge in [0.2, 0.25) is 0 Å². The summed E-state index contributed by atoms with van der Waals surface area (Å²) in [6.45, 7) is 3.58. The van der Waals surface area contributed by atoms with E-state index in [1.54, 1.807) is 24.3 Å². The van der Waals surface area contributed by atoms with Gasteiger partial charge in [-0.05, 0) is 48.4 Å². The first kappa shape index (κ1) is 27.1. The molecule has 1 aromatic heterocycles. The molecule has 2 N–H and O–H groups in total. The Morgan fingerprint density at radius 2 is 1.77 bits per heavy atom. The molecule has 2 aliphatic heterocycles. The number of morpholine rings is 1. The predicted molar refractivity (Wildman–Crippen MR) is 149 cm³/mol. The minimum atomic E-state index is -0.707. The lowest BCUT2D eigenvalue weighted by Gasteiger charge is -2.33. The molecule has 2 saturated heterocycles. The van der Waals surface area contributed by atoms with E-state index >= 15 is 4.39 Å². The lowest BCUT2D eigenvalue weighted by atomic mass is 9.94. The highest BCUT2D eigenvalue weighted by molar-refractivity contribution is 6.31. The summed E-state index contributed by atoms with van der Waals surface area (Å²) in [5.41, 5.74) is 1.54. The van der Waals surface area contributed by atoms with Crippen LogP contribution in [-0.4, -0.2) is 66.8 Å². The Labute approximate surface area is 235 Å². The fourth-order valence-corrected chi connectivity index (χ4v) is 4.92. The number of hydrogen-bond acceptors (Lipinski definition) is 6. The lowest BCUT2D eigenvalue weighted by molar-refractivity contribution is 0.0988. The zero-order valence-corrected chi connectivity index (χ0v) is 22.5. The zero-order valence-electron chi connectivity index (χ0n) is 21.0. The number of likely N-dealkylation sites (tertiary alicyclic amines) is 1. The van der Waals surface area contributed by atoms with Crippen molar-refractivity contribution in [2.75, 3.05) is 49.6 Å². The van der Waals surface area contributed by atoms with E-state index in [0.717, 1.165) is 19.5 Å². The maximum absolute atomic E-state index is 15.2. The van der Waals surface area contributed by atoms with Crippen LogP contribution in [0.4, 0.5) is 15.9 Å². The summed E-state index contributed by atoms with van der Waals surface area (Å²) in [5, 5.41) is 11.7. The molecule has 5 rings (SSSR count). The molecule has 0 aliphatic carbocycles. The number of ketones is 1. The van der Waals surface area contributed by atoms with E-state index in [1.165, 1.54) is 24.4 Å². The van der Waals surface area contributed by atoms with Crippen LogP contribution >= 0.6 is 23.2 Å². The van der Waals surface area contributed by atoms with Crippen LogP contribution < -0.4 is 10.2 Å². The second-order valence-electron chi connectivity index (χ2n) is 9.35. The van der Waals surface area contributed by atoms with Crippen LogP contribution in [0.3, 0.4) is 0 Å². The molecule has 2 aromatic carbocycles. The average molecular weight is 570 g/mol. The monoisotopic (exact) mass is 569 g/mol. The molecule has 3 aromatic rings. The zero-order chi connectivity index (χ0) is 27.5. The summed E-state index contributed by atoms with van der Waals surface area (Å²) in [4.78, 5) is 34.8. The number of rotatable bonds is 7. The second-order valence-corrected chi connectivity index (χ2v) is 10.2. The number of nitrogens with zero attached hydrogens (tertiary/aromatic N) is 3. The minimum Gasteiger partial charge on any atom is -0.378 e. The van der Waals surface area contributed by atoms with Gasteiger partial charge in [-0.15, -0.1) is 0 Å². The molecule has 0 bridgehead atoms. The van der Waals surface area contributed by atoms with Crippen molar-refractivity contribution in [3.63, 3.8) is 0 Å². The van der Waals surface area contributed by atoms with Crippen molar-refractivity contribution in [2.45, 2.75) is 12.8 Å². The molecule has 2 fully saturated rings. The topological polar surface area (TPSA) is 98.6 Å². The van der Waals surface area contributed by atoms with E-state index in [2.05, 4.69) is 10.3 Å². The Kier molecular flexibility index (Phi) is 8.11. The number of ether oxygens (including phenoxy) is 1. The molecule has 2 aliphatic rings. The number of halogens is 3. The standard InChI is InChI=1S/C28H26Cl2FN5O3/c29-18-3-5-26(33-16-18)34-28(38)22-13-19(30)14-24(35-8-10-39-11-9-35)21(22)15-25(37)20-4-2-17(12-23(20)31)27(32)36-6-1-7-36/h2-5,12-14,16,32H,1,6-11,15H2,(H,33,34,38). The van der Waals surface area contributed by atoms with E-state index in [1.807, 2.05) is 9.80 Å². The first-order chi connectivity index (χ1) is 18.8. The molecular weight excluding hydrogens is 544 g/mol. The summed E-state index contributed by atoms with van der Waals surface area (Å²) in [5.74, 6) is -1.20. The molecule has 0 spiro atoms. The molecule has 11 heteroatoms. The Bertz CT molecular complexity index is 1420. The van der Waals surface area contributed by atoms with Gasteiger partial charge in [0.25, 0.3) is 5.91 Å². The number of carbonyl (C=O) groups is 2. The molecule has 0 radical (unpaired) electrons. The third kappa shape index (κ3) is 6.06. The fraction of sp³-hybridized carbons (Fsp3) is 0.286. The lowest BCUT2D eigenvalue weighted by Crippen LogP contribution is -2.42. The molecule has 39 heavy (non-hydrogen) atoms. The van der Waals surface area contributed by atoms with Gasteiger partial charge in [0.05, 0.1) is 23.8 Å². The maximum atomic E-state index is 15.2. The molecule has 3 heterocycles. The predicted octanol–water partition coefficient (Wildman–Crippen LogP) is 5.07. The van der Waals surface area contributed by atoms with Gasteiger partial charge in [-0.1, -0.05) is 29.3 Å². The van der Waals surface area contributed by atoms with Gasteiger partial charge in [-0.2, -0.15) is 0 Å². The van der Waals surface area contributed by atoms with Crippen molar-refractivity contribution < 1.29 is 18.7 Å². The van der Waals surface area contributed by atoms with Gasteiger partial charge in [-0.25, -0.2) is 9.37 Å². The highest BCUT2D eigenvalue weighted by Crippen LogP contribution is 2.32. The maximum Gasteiger partial charge on any atom is 0.257 e. The van der Waals surface area contributed by atoms with Gasteiger partial charge in [0, 0.05) is 60.6 Å². The van der Waals surface area contributed by atoms with E-state index in [-0.39, 0.29) is 29.2 Å². The molecule has 0 unspecified atom stereocenters. The minimum absolute atomic E-state index is 0.108. The highest BCUT2D eigenvalue weighted by atomic mass is 35.5. The van der Waals surface area contributed by atoms with Crippen LogP contribution in [0.5, 0.6) is 0 Å². The summed E-state index contributed by atoms with van der Waals surface area (Å²) in [6, 6.07) is 10.6. The van der Waals surface area contributed by atoms with E-state index in [4.69, 9.17) is 33.3 Å². The first-order valence-corrected chi connectivity index (χ1v) is 13.3. The number of anilines is 2. The number of hydrogen-bond donors (Lipinski definition) is 2. The number of amides is 1. The fourth-order valence-electron chi connectivity index (χ4n) is 4.60. The molecule has 8 nitrogen and oxygen atoms in total. The van der Waals surface area contributed by atoms with E-state index in [0.29, 0.717) is 53.2 Å². The van der Waals surface area contributed by atoms with Gasteiger partial charge in [0.1, 0.15) is 17.5 Å². The van der Waals surface area contributed by atoms with Gasteiger partial charge < -0.3 is 19.9 Å². The van der Waals surface area contributed by atoms with Crippen molar-refractivity contribution >= 4 is 52.2 Å². The van der Waals surface area contributed by atoms with Gasteiger partial charge in [-0.3, -0.25) is 15.0 Å². The van der Waals surface area contributed by atoms with Crippen LogP contribution in [0.25, 0.3) is 0 Å². The summed E-state index contributed by atoms with van der Waals surface area (Å²) < 4.78 is 20.6.